The highest BCUT2D eigenvalue weighted by Crippen LogP contribution is 2.44. The molecule has 2 unspecified atom stereocenters. The van der Waals surface area contributed by atoms with Crippen LogP contribution in [-0.4, -0.2) is 67.4 Å². The Morgan fingerprint density at radius 3 is 3.00 bits per heavy atom. The average molecular weight is 455 g/mol. The maximum Gasteiger partial charge on any atom is 0.313 e. The molecule has 2 amide bonds. The molecule has 0 bridgehead atoms. The SMILES string of the molecule is Cc1noc(SCC2(C(=O)O)CS[C@@H]3C(NC(=O)Cc4cccs4)C(=O)N3C2)n1. The van der Waals surface area contributed by atoms with Crippen LogP contribution in [0.4, 0.5) is 0 Å². The van der Waals surface area contributed by atoms with E-state index >= 15 is 0 Å². The molecule has 4 rings (SSSR count). The van der Waals surface area contributed by atoms with Crippen LogP contribution in [-0.2, 0) is 20.8 Å². The van der Waals surface area contributed by atoms with Crippen molar-refractivity contribution in [3.05, 3.63) is 28.2 Å². The standard InChI is InChI=1S/C17H18N4O5S3/c1-9-18-16(26-20-9)29-8-17(15(24)25)6-21-13(23)12(14(21)28-7-17)19-11(22)5-10-3-2-4-27-10/h2-4,12,14H,5-8H2,1H3,(H,19,22)(H,24,25)/t12?,14-,17?/m1/s1. The monoisotopic (exact) mass is 454 g/mol. The van der Waals surface area contributed by atoms with E-state index < -0.39 is 17.4 Å². The Morgan fingerprint density at radius 1 is 1.52 bits per heavy atom. The number of thiophene rings is 1. The number of hydrogen-bond acceptors (Lipinski definition) is 9. The Balaban J connectivity index is 1.37. The van der Waals surface area contributed by atoms with E-state index in [1.165, 1.54) is 39.8 Å². The normalized spacial score (nSPS) is 26.0. The predicted octanol–water partition coefficient (Wildman–Crippen LogP) is 1.25. The quantitative estimate of drug-likeness (QED) is 0.469. The highest BCUT2D eigenvalue weighted by atomic mass is 32.2. The van der Waals surface area contributed by atoms with Crippen LogP contribution in [0.1, 0.15) is 10.7 Å². The third-order valence-corrected chi connectivity index (χ3v) is 8.38. The van der Waals surface area contributed by atoms with Gasteiger partial charge in [-0.25, -0.2) is 0 Å². The van der Waals surface area contributed by atoms with Crippen molar-refractivity contribution in [2.75, 3.05) is 18.1 Å². The Kier molecular flexibility index (Phi) is 5.58. The summed E-state index contributed by atoms with van der Waals surface area (Å²) in [6.07, 6.45) is 0.234. The van der Waals surface area contributed by atoms with Gasteiger partial charge in [0, 0.05) is 22.9 Å². The number of thioether (sulfide) groups is 2. The fourth-order valence-electron chi connectivity index (χ4n) is 3.24. The van der Waals surface area contributed by atoms with Gasteiger partial charge in [0.15, 0.2) is 5.82 Å². The molecule has 2 fully saturated rings. The summed E-state index contributed by atoms with van der Waals surface area (Å²) in [5.41, 5.74) is -1.12. The van der Waals surface area contributed by atoms with Gasteiger partial charge in [-0.1, -0.05) is 23.0 Å². The molecule has 0 radical (unpaired) electrons. The summed E-state index contributed by atoms with van der Waals surface area (Å²) in [4.78, 5) is 43.4. The molecule has 0 aromatic carbocycles. The molecular formula is C17H18N4O5S3. The molecule has 154 valence electrons. The van der Waals surface area contributed by atoms with Crippen molar-refractivity contribution in [1.29, 1.82) is 0 Å². The molecule has 0 saturated carbocycles. The number of carboxylic acids is 1. The van der Waals surface area contributed by atoms with Crippen molar-refractivity contribution >= 4 is 52.6 Å². The Hall–Kier alpha value is -2.05. The molecular weight excluding hydrogens is 436 g/mol. The van der Waals surface area contributed by atoms with Crippen molar-refractivity contribution in [3.63, 3.8) is 0 Å². The van der Waals surface area contributed by atoms with Crippen molar-refractivity contribution in [3.8, 4) is 0 Å². The topological polar surface area (TPSA) is 126 Å². The number of carbonyl (C=O) groups excluding carboxylic acids is 2. The van der Waals surface area contributed by atoms with Gasteiger partial charge in [-0.2, -0.15) is 4.98 Å². The summed E-state index contributed by atoms with van der Waals surface area (Å²) in [6.45, 7) is 1.78. The number of aryl methyl sites for hydroxylation is 1. The Labute approximate surface area is 178 Å². The summed E-state index contributed by atoms with van der Waals surface area (Å²) >= 11 is 4.05. The zero-order valence-corrected chi connectivity index (χ0v) is 17.8. The predicted molar refractivity (Wildman–Crippen MR) is 108 cm³/mol. The Bertz CT molecular complexity index is 933. The maximum absolute atomic E-state index is 12.6. The minimum atomic E-state index is -1.12. The van der Waals surface area contributed by atoms with Crippen LogP contribution in [0.3, 0.4) is 0 Å². The summed E-state index contributed by atoms with van der Waals surface area (Å²) in [7, 11) is 0. The molecule has 0 spiro atoms. The number of nitrogens with zero attached hydrogens (tertiary/aromatic N) is 3. The number of carboxylic acid groups (broad SMARTS) is 1. The van der Waals surface area contributed by atoms with E-state index in [2.05, 4.69) is 15.5 Å². The van der Waals surface area contributed by atoms with Crippen molar-refractivity contribution < 1.29 is 24.0 Å². The lowest BCUT2D eigenvalue weighted by Gasteiger charge is -2.53. The number of nitrogens with one attached hydrogen (secondary N) is 1. The number of aliphatic carboxylic acids is 1. The van der Waals surface area contributed by atoms with Gasteiger partial charge in [-0.05, 0) is 18.4 Å². The minimum absolute atomic E-state index is 0.0935. The van der Waals surface area contributed by atoms with Crippen molar-refractivity contribution in [2.24, 2.45) is 5.41 Å². The molecule has 3 atom stereocenters. The molecule has 2 saturated heterocycles. The third-order valence-electron chi connectivity index (χ3n) is 4.81. The molecule has 2 aliphatic rings. The molecule has 2 aromatic rings. The van der Waals surface area contributed by atoms with Gasteiger partial charge in [0.1, 0.15) is 16.8 Å². The lowest BCUT2D eigenvalue weighted by atomic mass is 9.89. The van der Waals surface area contributed by atoms with Crippen molar-refractivity contribution in [1.82, 2.24) is 20.4 Å². The zero-order valence-electron chi connectivity index (χ0n) is 15.4. The highest BCUT2D eigenvalue weighted by Gasteiger charge is 2.57. The van der Waals surface area contributed by atoms with Crippen LogP contribution in [0.15, 0.2) is 27.3 Å². The fraction of sp³-hybridized carbons (Fsp3) is 0.471. The van der Waals surface area contributed by atoms with E-state index in [0.29, 0.717) is 16.8 Å². The number of carbonyl (C=O) groups is 3. The summed E-state index contributed by atoms with van der Waals surface area (Å²) in [6, 6.07) is 3.14. The van der Waals surface area contributed by atoms with Crippen LogP contribution in [0, 0.1) is 12.3 Å². The van der Waals surface area contributed by atoms with Crippen LogP contribution in [0.5, 0.6) is 0 Å². The second kappa shape index (κ2) is 8.00. The minimum Gasteiger partial charge on any atom is -0.481 e. The smallest absolute Gasteiger partial charge is 0.313 e. The molecule has 0 aliphatic carbocycles. The lowest BCUT2D eigenvalue weighted by Crippen LogP contribution is -2.74. The third kappa shape index (κ3) is 4.01. The Morgan fingerprint density at radius 2 is 2.34 bits per heavy atom. The first-order valence-corrected chi connectivity index (χ1v) is 11.7. The van der Waals surface area contributed by atoms with Gasteiger partial charge in [0.05, 0.1) is 6.42 Å². The molecule has 9 nitrogen and oxygen atoms in total. The van der Waals surface area contributed by atoms with Gasteiger partial charge in [0.25, 0.3) is 5.22 Å². The molecule has 29 heavy (non-hydrogen) atoms. The highest BCUT2D eigenvalue weighted by molar-refractivity contribution is 8.00. The fourth-order valence-corrected chi connectivity index (χ4v) is 6.62. The van der Waals surface area contributed by atoms with Gasteiger partial charge in [0.2, 0.25) is 11.8 Å². The van der Waals surface area contributed by atoms with Gasteiger partial charge in [-0.3, -0.25) is 14.4 Å². The van der Waals surface area contributed by atoms with E-state index in [4.69, 9.17) is 4.52 Å². The maximum atomic E-state index is 12.6. The molecule has 4 heterocycles. The summed E-state index contributed by atoms with van der Waals surface area (Å²) in [5, 5.41) is 18.3. The number of rotatable bonds is 7. The largest absolute Gasteiger partial charge is 0.481 e. The first kappa shape index (κ1) is 20.2. The molecule has 2 aromatic heterocycles. The van der Waals surface area contributed by atoms with E-state index in [1.54, 1.807) is 6.92 Å². The summed E-state index contributed by atoms with van der Waals surface area (Å²) in [5.74, 6) is -0.398. The van der Waals surface area contributed by atoms with Gasteiger partial charge >= 0.3 is 5.97 Å². The second-order valence-corrected chi connectivity index (χ2v) is 10.0. The number of aromatic nitrogens is 2. The van der Waals surface area contributed by atoms with E-state index in [-0.39, 0.29) is 35.9 Å². The van der Waals surface area contributed by atoms with Crippen LogP contribution in [0.25, 0.3) is 0 Å². The number of amides is 2. The van der Waals surface area contributed by atoms with Crippen LogP contribution in [0.2, 0.25) is 0 Å². The number of β-lactam (4-membered cyclic amide) rings is 1. The van der Waals surface area contributed by atoms with Gasteiger partial charge < -0.3 is 19.8 Å². The summed E-state index contributed by atoms with van der Waals surface area (Å²) < 4.78 is 5.04. The van der Waals surface area contributed by atoms with E-state index in [9.17, 15) is 19.5 Å². The lowest BCUT2D eigenvalue weighted by molar-refractivity contribution is -0.157. The first-order valence-electron chi connectivity index (χ1n) is 8.78. The second-order valence-electron chi connectivity index (χ2n) is 6.95. The molecule has 2 aliphatic heterocycles. The van der Waals surface area contributed by atoms with E-state index in [0.717, 1.165) is 4.88 Å². The van der Waals surface area contributed by atoms with Crippen LogP contribution >= 0.6 is 34.9 Å². The number of hydrogen-bond donors (Lipinski definition) is 2. The van der Waals surface area contributed by atoms with E-state index in [1.807, 2.05) is 17.5 Å². The molecule has 12 heteroatoms. The average Bonchev–Trinajstić information content (AvgIpc) is 3.35. The van der Waals surface area contributed by atoms with Crippen LogP contribution < -0.4 is 5.32 Å². The van der Waals surface area contributed by atoms with Gasteiger partial charge in [-0.15, -0.1) is 23.1 Å². The zero-order chi connectivity index (χ0) is 20.6. The molecule has 2 N–H and O–H groups in total. The van der Waals surface area contributed by atoms with Crippen molar-refractivity contribution in [2.45, 2.75) is 30.0 Å². The number of fused-ring (bicyclic) bond motifs is 1. The first-order chi connectivity index (χ1) is 13.9.